The fourth-order valence-electron chi connectivity index (χ4n) is 2.37. The van der Waals surface area contributed by atoms with Crippen LogP contribution in [0, 0.1) is 6.92 Å². The monoisotopic (exact) mass is 248 g/mol. The predicted molar refractivity (Wildman–Crippen MR) is 78.1 cm³/mol. The highest BCUT2D eigenvalue weighted by molar-refractivity contribution is 5.82. The Morgan fingerprint density at radius 2 is 1.89 bits per heavy atom. The first-order chi connectivity index (χ1) is 9.33. The zero-order valence-corrected chi connectivity index (χ0v) is 11.0. The van der Waals surface area contributed by atoms with Crippen molar-refractivity contribution < 1.29 is 0 Å². The summed E-state index contributed by atoms with van der Waals surface area (Å²) in [6, 6.07) is 14.6. The minimum atomic E-state index is 0.956. The van der Waals surface area contributed by atoms with Crippen LogP contribution in [0.2, 0.25) is 0 Å². The molecular formula is C17H16N2. The quantitative estimate of drug-likeness (QED) is 0.706. The van der Waals surface area contributed by atoms with Gasteiger partial charge in [-0.3, -0.25) is 9.97 Å². The van der Waals surface area contributed by atoms with Gasteiger partial charge in [-0.1, -0.05) is 24.3 Å². The molecule has 1 aromatic carbocycles. The van der Waals surface area contributed by atoms with Crippen molar-refractivity contribution in [1.82, 2.24) is 9.97 Å². The Morgan fingerprint density at radius 3 is 2.74 bits per heavy atom. The van der Waals surface area contributed by atoms with Crippen molar-refractivity contribution in [3.05, 3.63) is 71.7 Å². The Morgan fingerprint density at radius 1 is 1.00 bits per heavy atom. The first-order valence-corrected chi connectivity index (χ1v) is 6.57. The Balaban J connectivity index is 1.85. The molecule has 0 aliphatic heterocycles. The minimum Gasteiger partial charge on any atom is -0.264 e. The summed E-state index contributed by atoms with van der Waals surface area (Å²) in [5, 5.41) is 1.24. The minimum absolute atomic E-state index is 0.956. The van der Waals surface area contributed by atoms with Gasteiger partial charge < -0.3 is 0 Å². The van der Waals surface area contributed by atoms with E-state index in [1.54, 1.807) is 0 Å². The molecule has 0 bridgehead atoms. The number of fused-ring (bicyclic) bond motifs is 1. The maximum Gasteiger partial charge on any atom is 0.0707 e. The zero-order chi connectivity index (χ0) is 13.1. The van der Waals surface area contributed by atoms with Crippen LogP contribution in [0.3, 0.4) is 0 Å². The van der Waals surface area contributed by atoms with Gasteiger partial charge in [0.2, 0.25) is 0 Å². The molecule has 0 amide bonds. The molecule has 2 heteroatoms. The van der Waals surface area contributed by atoms with Gasteiger partial charge in [0.25, 0.3) is 0 Å². The molecule has 0 fully saturated rings. The van der Waals surface area contributed by atoms with E-state index in [0.717, 1.165) is 24.1 Å². The van der Waals surface area contributed by atoms with Gasteiger partial charge in [0.05, 0.1) is 5.52 Å². The molecular weight excluding hydrogens is 232 g/mol. The summed E-state index contributed by atoms with van der Waals surface area (Å²) >= 11 is 0. The number of hydrogen-bond donors (Lipinski definition) is 0. The average molecular weight is 248 g/mol. The lowest BCUT2D eigenvalue weighted by molar-refractivity contribution is 0.913. The van der Waals surface area contributed by atoms with Crippen LogP contribution in [0.5, 0.6) is 0 Å². The number of nitrogens with zero attached hydrogens (tertiary/aromatic N) is 2. The van der Waals surface area contributed by atoms with Crippen molar-refractivity contribution in [2.45, 2.75) is 19.8 Å². The smallest absolute Gasteiger partial charge is 0.0707 e. The molecule has 3 aromatic rings. The van der Waals surface area contributed by atoms with Gasteiger partial charge in [-0.05, 0) is 49.1 Å². The SMILES string of the molecule is Cc1cc(CCc2cccnc2)nc2ccccc12. The number of aryl methyl sites for hydroxylation is 3. The number of aromatic nitrogens is 2. The van der Waals surface area contributed by atoms with Gasteiger partial charge in [-0.15, -0.1) is 0 Å². The Bertz CT molecular complexity index is 690. The Kier molecular flexibility index (Phi) is 3.23. The Hall–Kier alpha value is -2.22. The Labute approximate surface area is 113 Å². The number of pyridine rings is 2. The summed E-state index contributed by atoms with van der Waals surface area (Å²) < 4.78 is 0. The van der Waals surface area contributed by atoms with E-state index < -0.39 is 0 Å². The molecule has 94 valence electrons. The van der Waals surface area contributed by atoms with E-state index in [-0.39, 0.29) is 0 Å². The first-order valence-electron chi connectivity index (χ1n) is 6.57. The molecule has 0 saturated heterocycles. The van der Waals surface area contributed by atoms with Crippen LogP contribution in [-0.4, -0.2) is 9.97 Å². The highest BCUT2D eigenvalue weighted by atomic mass is 14.7. The molecule has 0 atom stereocenters. The number of hydrogen-bond acceptors (Lipinski definition) is 2. The number of rotatable bonds is 3. The second-order valence-corrected chi connectivity index (χ2v) is 4.81. The molecule has 2 heterocycles. The molecule has 0 unspecified atom stereocenters. The van der Waals surface area contributed by atoms with Crippen molar-refractivity contribution in [2.24, 2.45) is 0 Å². The predicted octanol–water partition coefficient (Wildman–Crippen LogP) is 3.72. The van der Waals surface area contributed by atoms with E-state index in [1.165, 1.54) is 16.5 Å². The van der Waals surface area contributed by atoms with E-state index in [0.29, 0.717) is 0 Å². The van der Waals surface area contributed by atoms with Crippen molar-refractivity contribution >= 4 is 10.9 Å². The molecule has 2 aromatic heterocycles. The maximum atomic E-state index is 4.73. The standard InChI is InChI=1S/C17H16N2/c1-13-11-15(9-8-14-5-4-10-18-12-14)19-17-7-3-2-6-16(13)17/h2-7,10-12H,8-9H2,1H3. The van der Waals surface area contributed by atoms with E-state index in [2.05, 4.69) is 42.2 Å². The molecule has 19 heavy (non-hydrogen) atoms. The van der Waals surface area contributed by atoms with Crippen LogP contribution in [0.25, 0.3) is 10.9 Å². The fraction of sp³-hybridized carbons (Fsp3) is 0.176. The lowest BCUT2D eigenvalue weighted by Gasteiger charge is -2.06. The average Bonchev–Trinajstić information content (AvgIpc) is 2.46. The summed E-state index contributed by atoms with van der Waals surface area (Å²) in [4.78, 5) is 8.87. The molecule has 0 N–H and O–H groups in total. The summed E-state index contributed by atoms with van der Waals surface area (Å²) in [5.41, 5.74) is 4.80. The summed E-state index contributed by atoms with van der Waals surface area (Å²) in [6.07, 6.45) is 5.67. The third kappa shape index (κ3) is 2.63. The number of benzene rings is 1. The fourth-order valence-corrected chi connectivity index (χ4v) is 2.37. The lowest BCUT2D eigenvalue weighted by Crippen LogP contribution is -1.96. The van der Waals surface area contributed by atoms with E-state index >= 15 is 0 Å². The molecule has 0 spiro atoms. The van der Waals surface area contributed by atoms with Crippen molar-refractivity contribution in [2.75, 3.05) is 0 Å². The second-order valence-electron chi connectivity index (χ2n) is 4.81. The van der Waals surface area contributed by atoms with Crippen molar-refractivity contribution in [3.63, 3.8) is 0 Å². The highest BCUT2D eigenvalue weighted by Gasteiger charge is 2.02. The van der Waals surface area contributed by atoms with E-state index in [4.69, 9.17) is 4.98 Å². The van der Waals surface area contributed by atoms with Crippen LogP contribution in [0.4, 0.5) is 0 Å². The van der Waals surface area contributed by atoms with E-state index in [9.17, 15) is 0 Å². The topological polar surface area (TPSA) is 25.8 Å². The van der Waals surface area contributed by atoms with Gasteiger partial charge in [0.1, 0.15) is 0 Å². The van der Waals surface area contributed by atoms with Crippen LogP contribution < -0.4 is 0 Å². The summed E-state index contributed by atoms with van der Waals surface area (Å²) in [6.45, 7) is 2.15. The van der Waals surface area contributed by atoms with Gasteiger partial charge in [0, 0.05) is 23.5 Å². The largest absolute Gasteiger partial charge is 0.264 e. The van der Waals surface area contributed by atoms with Crippen LogP contribution in [0.1, 0.15) is 16.8 Å². The molecule has 0 aliphatic rings. The molecule has 0 radical (unpaired) electrons. The van der Waals surface area contributed by atoms with Gasteiger partial charge >= 0.3 is 0 Å². The molecule has 3 rings (SSSR count). The van der Waals surface area contributed by atoms with Gasteiger partial charge in [-0.25, -0.2) is 0 Å². The normalized spacial score (nSPS) is 10.8. The van der Waals surface area contributed by atoms with Crippen LogP contribution in [0.15, 0.2) is 54.9 Å². The van der Waals surface area contributed by atoms with Crippen LogP contribution in [-0.2, 0) is 12.8 Å². The zero-order valence-electron chi connectivity index (χ0n) is 11.0. The first kappa shape index (κ1) is 11.8. The third-order valence-electron chi connectivity index (χ3n) is 3.37. The van der Waals surface area contributed by atoms with Crippen molar-refractivity contribution in [1.29, 1.82) is 0 Å². The maximum absolute atomic E-state index is 4.73. The lowest BCUT2D eigenvalue weighted by atomic mass is 10.1. The van der Waals surface area contributed by atoms with E-state index in [1.807, 2.05) is 24.5 Å². The number of para-hydroxylation sites is 1. The summed E-state index contributed by atoms with van der Waals surface area (Å²) in [7, 11) is 0. The molecule has 2 nitrogen and oxygen atoms in total. The summed E-state index contributed by atoms with van der Waals surface area (Å²) in [5.74, 6) is 0. The highest BCUT2D eigenvalue weighted by Crippen LogP contribution is 2.18. The molecule has 0 saturated carbocycles. The van der Waals surface area contributed by atoms with Crippen molar-refractivity contribution in [3.8, 4) is 0 Å². The van der Waals surface area contributed by atoms with Gasteiger partial charge in [-0.2, -0.15) is 0 Å². The van der Waals surface area contributed by atoms with Crippen LogP contribution >= 0.6 is 0 Å². The van der Waals surface area contributed by atoms with Gasteiger partial charge in [0.15, 0.2) is 0 Å². The third-order valence-corrected chi connectivity index (χ3v) is 3.37. The second kappa shape index (κ2) is 5.19. The molecule has 0 aliphatic carbocycles.